The van der Waals surface area contributed by atoms with Crippen molar-refractivity contribution in [3.05, 3.63) is 52.5 Å². The summed E-state index contributed by atoms with van der Waals surface area (Å²) in [5.41, 5.74) is 2.32. The number of hydrogen-bond acceptors (Lipinski definition) is 4. The Morgan fingerprint density at radius 1 is 1.32 bits per heavy atom. The fourth-order valence-electron chi connectivity index (χ4n) is 2.20. The summed E-state index contributed by atoms with van der Waals surface area (Å²) in [6.07, 6.45) is 1.03. The van der Waals surface area contributed by atoms with E-state index >= 15 is 0 Å². The molecule has 2 aromatic rings. The lowest BCUT2D eigenvalue weighted by Gasteiger charge is -2.18. The van der Waals surface area contributed by atoms with Crippen LogP contribution < -0.4 is 5.32 Å². The van der Waals surface area contributed by atoms with Crippen molar-refractivity contribution in [1.82, 2.24) is 9.69 Å². The van der Waals surface area contributed by atoms with Gasteiger partial charge in [-0.1, -0.05) is 30.3 Å². The van der Waals surface area contributed by atoms with Crippen LogP contribution in [0.2, 0.25) is 0 Å². The SMILES string of the molecule is Cc1nscc1C(=O)NC(CCC(=O)O)Cc1ccccc1. The van der Waals surface area contributed by atoms with E-state index in [1.807, 2.05) is 30.3 Å². The summed E-state index contributed by atoms with van der Waals surface area (Å²) in [5, 5.41) is 13.5. The number of aliphatic carboxylic acids is 1. The number of aromatic nitrogens is 1. The molecule has 2 N–H and O–H groups in total. The highest BCUT2D eigenvalue weighted by Crippen LogP contribution is 2.12. The molecule has 0 aliphatic carbocycles. The largest absolute Gasteiger partial charge is 0.481 e. The molecule has 0 aliphatic rings. The molecule has 0 saturated heterocycles. The average Bonchev–Trinajstić information content (AvgIpc) is 2.92. The van der Waals surface area contributed by atoms with E-state index in [0.717, 1.165) is 5.56 Å². The number of hydrogen-bond donors (Lipinski definition) is 2. The van der Waals surface area contributed by atoms with Crippen LogP contribution in [0.3, 0.4) is 0 Å². The van der Waals surface area contributed by atoms with Crippen LogP contribution in [0.15, 0.2) is 35.7 Å². The summed E-state index contributed by atoms with van der Waals surface area (Å²) in [7, 11) is 0. The van der Waals surface area contributed by atoms with Gasteiger partial charge in [0.2, 0.25) is 0 Å². The van der Waals surface area contributed by atoms with Gasteiger partial charge in [-0.2, -0.15) is 4.37 Å². The van der Waals surface area contributed by atoms with Crippen molar-refractivity contribution in [2.45, 2.75) is 32.2 Å². The van der Waals surface area contributed by atoms with Gasteiger partial charge in [-0.15, -0.1) is 0 Å². The number of amides is 1. The molecule has 1 aromatic carbocycles. The van der Waals surface area contributed by atoms with E-state index in [9.17, 15) is 9.59 Å². The van der Waals surface area contributed by atoms with E-state index in [1.165, 1.54) is 11.5 Å². The van der Waals surface area contributed by atoms with Crippen molar-refractivity contribution in [3.63, 3.8) is 0 Å². The third-order valence-corrected chi connectivity index (χ3v) is 4.08. The third-order valence-electron chi connectivity index (χ3n) is 3.36. The lowest BCUT2D eigenvalue weighted by molar-refractivity contribution is -0.137. The summed E-state index contributed by atoms with van der Waals surface area (Å²) in [6, 6.07) is 9.50. The van der Waals surface area contributed by atoms with Gasteiger partial charge in [0.15, 0.2) is 0 Å². The minimum absolute atomic E-state index is 0.0264. The number of carboxylic acids is 1. The molecule has 0 spiro atoms. The van der Waals surface area contributed by atoms with Gasteiger partial charge in [0.25, 0.3) is 5.91 Å². The summed E-state index contributed by atoms with van der Waals surface area (Å²) >= 11 is 1.24. The molecular formula is C16H18N2O3S. The minimum Gasteiger partial charge on any atom is -0.481 e. The zero-order chi connectivity index (χ0) is 15.9. The van der Waals surface area contributed by atoms with Gasteiger partial charge in [0.05, 0.1) is 11.3 Å². The molecule has 0 saturated carbocycles. The van der Waals surface area contributed by atoms with Crippen LogP contribution >= 0.6 is 11.5 Å². The average molecular weight is 318 g/mol. The molecule has 22 heavy (non-hydrogen) atoms. The minimum atomic E-state index is -0.860. The van der Waals surface area contributed by atoms with E-state index in [1.54, 1.807) is 12.3 Å². The predicted molar refractivity (Wildman–Crippen MR) is 85.1 cm³/mol. The quantitative estimate of drug-likeness (QED) is 0.822. The van der Waals surface area contributed by atoms with Crippen LogP contribution in [0.4, 0.5) is 0 Å². The Morgan fingerprint density at radius 2 is 2.05 bits per heavy atom. The van der Waals surface area contributed by atoms with Crippen LogP contribution in [-0.4, -0.2) is 27.4 Å². The molecule has 1 aromatic heterocycles. The highest BCUT2D eigenvalue weighted by Gasteiger charge is 2.18. The van der Waals surface area contributed by atoms with Crippen molar-refractivity contribution in [2.24, 2.45) is 0 Å². The molecule has 5 nitrogen and oxygen atoms in total. The lowest BCUT2D eigenvalue weighted by atomic mass is 10.0. The second kappa shape index (κ2) is 7.70. The van der Waals surface area contributed by atoms with Gasteiger partial charge in [0.1, 0.15) is 0 Å². The van der Waals surface area contributed by atoms with Crippen LogP contribution in [0.5, 0.6) is 0 Å². The fourth-order valence-corrected chi connectivity index (χ4v) is 2.89. The number of carbonyl (C=O) groups excluding carboxylic acids is 1. The maximum Gasteiger partial charge on any atom is 0.303 e. The molecule has 116 valence electrons. The summed E-state index contributed by atoms with van der Waals surface area (Å²) in [6.45, 7) is 1.79. The normalized spacial score (nSPS) is 11.9. The van der Waals surface area contributed by atoms with Gasteiger partial charge in [-0.05, 0) is 36.9 Å². The molecule has 6 heteroatoms. The van der Waals surface area contributed by atoms with Crippen molar-refractivity contribution in [3.8, 4) is 0 Å². The maximum atomic E-state index is 12.3. The molecule has 0 bridgehead atoms. The van der Waals surface area contributed by atoms with Gasteiger partial charge < -0.3 is 10.4 Å². The third kappa shape index (κ3) is 4.66. The lowest BCUT2D eigenvalue weighted by Crippen LogP contribution is -2.37. The fraction of sp³-hybridized carbons (Fsp3) is 0.312. The molecule has 1 atom stereocenters. The monoisotopic (exact) mass is 318 g/mol. The first-order chi connectivity index (χ1) is 10.6. The topological polar surface area (TPSA) is 79.3 Å². The van der Waals surface area contributed by atoms with Gasteiger partial charge in [-0.25, -0.2) is 0 Å². The van der Waals surface area contributed by atoms with Gasteiger partial charge in [0, 0.05) is 17.8 Å². The van der Waals surface area contributed by atoms with E-state index in [4.69, 9.17) is 5.11 Å². The number of rotatable bonds is 7. The Hall–Kier alpha value is -2.21. The van der Waals surface area contributed by atoms with Crippen LogP contribution in [0.25, 0.3) is 0 Å². The molecule has 0 aliphatic heterocycles. The van der Waals surface area contributed by atoms with Crippen molar-refractivity contribution in [1.29, 1.82) is 0 Å². The number of nitrogens with one attached hydrogen (secondary N) is 1. The predicted octanol–water partition coefficient (Wildman–Crippen LogP) is 2.66. The standard InChI is InChI=1S/C16H18N2O3S/c1-11-14(10-22-18-11)16(21)17-13(7-8-15(19)20)9-12-5-3-2-4-6-12/h2-6,10,13H,7-9H2,1H3,(H,17,21)(H,19,20). The highest BCUT2D eigenvalue weighted by atomic mass is 32.1. The molecule has 0 radical (unpaired) electrons. The second-order valence-electron chi connectivity index (χ2n) is 5.11. The Labute approximate surface area is 133 Å². The Bertz CT molecular complexity index is 640. The smallest absolute Gasteiger partial charge is 0.303 e. The zero-order valence-electron chi connectivity index (χ0n) is 12.3. The molecular weight excluding hydrogens is 300 g/mol. The van der Waals surface area contributed by atoms with Crippen molar-refractivity contribution in [2.75, 3.05) is 0 Å². The summed E-state index contributed by atoms with van der Waals surface area (Å²) in [4.78, 5) is 23.1. The van der Waals surface area contributed by atoms with E-state index < -0.39 is 5.97 Å². The molecule has 1 unspecified atom stereocenters. The van der Waals surface area contributed by atoms with Gasteiger partial charge in [-0.3, -0.25) is 9.59 Å². The molecule has 1 heterocycles. The molecule has 1 amide bonds. The van der Waals surface area contributed by atoms with E-state index in [0.29, 0.717) is 24.1 Å². The number of benzene rings is 1. The number of nitrogens with zero attached hydrogens (tertiary/aromatic N) is 1. The summed E-state index contributed by atoms with van der Waals surface area (Å²) < 4.78 is 4.09. The van der Waals surface area contributed by atoms with E-state index in [-0.39, 0.29) is 18.4 Å². The zero-order valence-corrected chi connectivity index (χ0v) is 13.1. The van der Waals surface area contributed by atoms with Crippen LogP contribution in [0, 0.1) is 6.92 Å². The maximum absolute atomic E-state index is 12.3. The first kappa shape index (κ1) is 16.2. The van der Waals surface area contributed by atoms with Crippen molar-refractivity contribution < 1.29 is 14.7 Å². The molecule has 0 fully saturated rings. The number of carbonyl (C=O) groups is 2. The van der Waals surface area contributed by atoms with E-state index in [2.05, 4.69) is 9.69 Å². The first-order valence-corrected chi connectivity index (χ1v) is 7.87. The first-order valence-electron chi connectivity index (χ1n) is 7.04. The Morgan fingerprint density at radius 3 is 2.64 bits per heavy atom. The van der Waals surface area contributed by atoms with Gasteiger partial charge >= 0.3 is 5.97 Å². The Balaban J connectivity index is 2.05. The number of carboxylic acid groups (broad SMARTS) is 1. The second-order valence-corrected chi connectivity index (χ2v) is 5.74. The highest BCUT2D eigenvalue weighted by molar-refractivity contribution is 7.03. The molecule has 2 rings (SSSR count). The van der Waals surface area contributed by atoms with Crippen LogP contribution in [-0.2, 0) is 11.2 Å². The summed E-state index contributed by atoms with van der Waals surface area (Å²) in [5.74, 6) is -1.06. The Kier molecular flexibility index (Phi) is 5.66. The number of aryl methyl sites for hydroxylation is 1. The van der Waals surface area contributed by atoms with Crippen LogP contribution in [0.1, 0.15) is 34.5 Å². The van der Waals surface area contributed by atoms with Crippen molar-refractivity contribution >= 4 is 23.4 Å².